The van der Waals surface area contributed by atoms with Gasteiger partial charge in [0.1, 0.15) is 5.75 Å². The van der Waals surface area contributed by atoms with Gasteiger partial charge < -0.3 is 19.6 Å². The van der Waals surface area contributed by atoms with Crippen molar-refractivity contribution in [2.75, 3.05) is 7.11 Å². The molecule has 0 amide bonds. The van der Waals surface area contributed by atoms with E-state index < -0.39 is 11.5 Å². The Morgan fingerprint density at radius 2 is 2.09 bits per heavy atom. The highest BCUT2D eigenvalue weighted by molar-refractivity contribution is 7.11. The van der Waals surface area contributed by atoms with Crippen LogP contribution in [0.25, 0.3) is 10.8 Å². The van der Waals surface area contributed by atoms with Crippen LogP contribution in [0, 0.1) is 0 Å². The van der Waals surface area contributed by atoms with Gasteiger partial charge in [-0.1, -0.05) is 0 Å². The third-order valence-electron chi connectivity index (χ3n) is 3.07. The van der Waals surface area contributed by atoms with Gasteiger partial charge in [0.2, 0.25) is 0 Å². The lowest BCUT2D eigenvalue weighted by Crippen LogP contribution is -2.14. The van der Waals surface area contributed by atoms with Gasteiger partial charge in [-0.15, -0.1) is 11.3 Å². The second-order valence-corrected chi connectivity index (χ2v) is 5.32. The molecule has 3 rings (SSSR count). The van der Waals surface area contributed by atoms with Crippen LogP contribution in [0.5, 0.6) is 16.6 Å². The van der Waals surface area contributed by atoms with Gasteiger partial charge in [-0.2, -0.15) is 0 Å². The largest absolute Gasteiger partial charge is 0.505 e. The van der Waals surface area contributed by atoms with Crippen molar-refractivity contribution >= 4 is 28.1 Å². The molecule has 0 unspecified atom stereocenters. The van der Waals surface area contributed by atoms with Crippen molar-refractivity contribution in [2.24, 2.45) is 0 Å². The number of hydrogen-bond acceptors (Lipinski definition) is 6. The molecule has 0 aliphatic heterocycles. The van der Waals surface area contributed by atoms with Crippen LogP contribution in [0.15, 0.2) is 40.5 Å². The predicted octanol–water partition coefficient (Wildman–Crippen LogP) is 2.87. The first-order valence-electron chi connectivity index (χ1n) is 6.29. The number of ether oxygens (including phenoxy) is 2. The van der Waals surface area contributed by atoms with Crippen LogP contribution in [-0.2, 0) is 4.74 Å². The highest BCUT2D eigenvalue weighted by Gasteiger charge is 2.17. The summed E-state index contributed by atoms with van der Waals surface area (Å²) in [6, 6.07) is 8.30. The molecule has 0 radical (unpaired) electrons. The fourth-order valence-electron chi connectivity index (χ4n) is 2.04. The Bertz CT molecular complexity index is 898. The molecule has 0 aliphatic rings. The van der Waals surface area contributed by atoms with Gasteiger partial charge in [-0.25, -0.2) is 4.79 Å². The Morgan fingerprint density at radius 1 is 1.27 bits per heavy atom. The molecule has 0 bridgehead atoms. The summed E-state index contributed by atoms with van der Waals surface area (Å²) in [4.78, 5) is 26.0. The third kappa shape index (κ3) is 2.42. The van der Waals surface area contributed by atoms with Gasteiger partial charge in [-0.05, 0) is 35.7 Å². The minimum Gasteiger partial charge on any atom is -0.505 e. The normalized spacial score (nSPS) is 10.6. The summed E-state index contributed by atoms with van der Waals surface area (Å²) in [5, 5.41) is 13.1. The number of fused-ring (bicyclic) bond motifs is 1. The van der Waals surface area contributed by atoms with Gasteiger partial charge >= 0.3 is 5.97 Å². The molecule has 1 aromatic carbocycles. The Kier molecular flexibility index (Phi) is 3.56. The number of aromatic nitrogens is 1. The van der Waals surface area contributed by atoms with Crippen molar-refractivity contribution < 1.29 is 19.4 Å². The zero-order chi connectivity index (χ0) is 15.7. The van der Waals surface area contributed by atoms with Crippen molar-refractivity contribution in [2.45, 2.75) is 0 Å². The molecule has 2 aromatic heterocycles. The van der Waals surface area contributed by atoms with E-state index >= 15 is 0 Å². The number of aromatic hydroxyl groups is 1. The number of pyridine rings is 1. The Hall–Kier alpha value is -2.80. The van der Waals surface area contributed by atoms with Crippen LogP contribution in [0.4, 0.5) is 0 Å². The van der Waals surface area contributed by atoms with E-state index in [1.807, 2.05) is 11.4 Å². The van der Waals surface area contributed by atoms with Crippen molar-refractivity contribution in [3.05, 3.63) is 51.8 Å². The molecular weight excluding hydrogens is 306 g/mol. The quantitative estimate of drug-likeness (QED) is 0.725. The standard InChI is InChI=1S/C15H11NO5S/c1-20-15(19)12-13(17)9-5-4-8(7-10(9)14(18)16-12)21-11-3-2-6-22-11/h2-7,17H,1H3,(H,16,18). The van der Waals surface area contributed by atoms with Gasteiger partial charge in [-0.3, -0.25) is 4.79 Å². The van der Waals surface area contributed by atoms with E-state index in [9.17, 15) is 14.7 Å². The van der Waals surface area contributed by atoms with Gasteiger partial charge in [0.05, 0.1) is 12.5 Å². The van der Waals surface area contributed by atoms with Gasteiger partial charge in [0, 0.05) is 5.39 Å². The molecule has 0 fully saturated rings. The lowest BCUT2D eigenvalue weighted by atomic mass is 10.1. The Morgan fingerprint density at radius 3 is 2.77 bits per heavy atom. The van der Waals surface area contributed by atoms with Crippen molar-refractivity contribution in [3.63, 3.8) is 0 Å². The van der Waals surface area contributed by atoms with E-state index in [-0.39, 0.29) is 22.2 Å². The maximum atomic E-state index is 12.1. The molecule has 112 valence electrons. The number of carbonyl (C=O) groups excluding carboxylic acids is 1. The van der Waals surface area contributed by atoms with Crippen LogP contribution in [0.2, 0.25) is 0 Å². The highest BCUT2D eigenvalue weighted by Crippen LogP contribution is 2.31. The van der Waals surface area contributed by atoms with E-state index in [1.165, 1.54) is 30.6 Å². The SMILES string of the molecule is COC(=O)c1[nH]c(=O)c2cc(Oc3cccs3)ccc2c1O. The number of hydrogen-bond donors (Lipinski definition) is 2. The molecule has 0 saturated heterocycles. The number of H-pyrrole nitrogens is 1. The molecule has 3 aromatic rings. The lowest BCUT2D eigenvalue weighted by molar-refractivity contribution is 0.0590. The number of esters is 1. The lowest BCUT2D eigenvalue weighted by Gasteiger charge is -2.08. The first kappa shape index (κ1) is 14.2. The highest BCUT2D eigenvalue weighted by atomic mass is 32.1. The van der Waals surface area contributed by atoms with Crippen LogP contribution in [0.1, 0.15) is 10.5 Å². The average molecular weight is 317 g/mol. The molecule has 2 N–H and O–H groups in total. The minimum absolute atomic E-state index is 0.221. The molecule has 7 heteroatoms. The summed E-state index contributed by atoms with van der Waals surface area (Å²) < 4.78 is 10.1. The third-order valence-corrected chi connectivity index (χ3v) is 3.81. The number of aromatic amines is 1. The molecular formula is C15H11NO5S. The maximum absolute atomic E-state index is 12.1. The number of carbonyl (C=O) groups is 1. The van der Waals surface area contributed by atoms with Crippen molar-refractivity contribution in [3.8, 4) is 16.6 Å². The zero-order valence-corrected chi connectivity index (χ0v) is 12.3. The summed E-state index contributed by atoms with van der Waals surface area (Å²) in [5.41, 5.74) is -0.781. The zero-order valence-electron chi connectivity index (χ0n) is 11.5. The molecule has 6 nitrogen and oxygen atoms in total. The van der Waals surface area contributed by atoms with Crippen molar-refractivity contribution in [1.29, 1.82) is 0 Å². The summed E-state index contributed by atoms with van der Waals surface area (Å²) in [5.74, 6) is -0.676. The molecule has 0 atom stereocenters. The summed E-state index contributed by atoms with van der Waals surface area (Å²) in [7, 11) is 1.17. The first-order chi connectivity index (χ1) is 10.6. The fraction of sp³-hybridized carbons (Fsp3) is 0.0667. The number of thiophene rings is 1. The van der Waals surface area contributed by atoms with Crippen LogP contribution >= 0.6 is 11.3 Å². The molecule has 2 heterocycles. The minimum atomic E-state index is -0.810. The number of methoxy groups -OCH3 is 1. The number of benzene rings is 1. The second kappa shape index (κ2) is 5.53. The molecule has 0 saturated carbocycles. The molecule has 22 heavy (non-hydrogen) atoms. The van der Waals surface area contributed by atoms with Gasteiger partial charge in [0.15, 0.2) is 16.5 Å². The van der Waals surface area contributed by atoms with Crippen LogP contribution in [0.3, 0.4) is 0 Å². The fourth-order valence-corrected chi connectivity index (χ4v) is 2.64. The average Bonchev–Trinajstić information content (AvgIpc) is 3.03. The summed E-state index contributed by atoms with van der Waals surface area (Å²) in [6.45, 7) is 0. The summed E-state index contributed by atoms with van der Waals surface area (Å²) in [6.07, 6.45) is 0. The topological polar surface area (TPSA) is 88.6 Å². The molecule has 0 spiro atoms. The first-order valence-corrected chi connectivity index (χ1v) is 7.17. The molecule has 0 aliphatic carbocycles. The van der Waals surface area contributed by atoms with E-state index in [2.05, 4.69) is 9.72 Å². The summed E-state index contributed by atoms with van der Waals surface area (Å²) >= 11 is 1.42. The smallest absolute Gasteiger partial charge is 0.358 e. The maximum Gasteiger partial charge on any atom is 0.358 e. The Balaban J connectivity index is 2.12. The monoisotopic (exact) mass is 317 g/mol. The van der Waals surface area contributed by atoms with E-state index in [4.69, 9.17) is 4.74 Å². The number of nitrogens with one attached hydrogen (secondary N) is 1. The van der Waals surface area contributed by atoms with E-state index in [1.54, 1.807) is 12.1 Å². The van der Waals surface area contributed by atoms with E-state index in [0.29, 0.717) is 10.8 Å². The predicted molar refractivity (Wildman–Crippen MR) is 82.0 cm³/mol. The number of rotatable bonds is 3. The van der Waals surface area contributed by atoms with Gasteiger partial charge in [0.25, 0.3) is 5.56 Å². The van der Waals surface area contributed by atoms with Crippen molar-refractivity contribution in [1.82, 2.24) is 4.98 Å². The second-order valence-electron chi connectivity index (χ2n) is 4.41. The van der Waals surface area contributed by atoms with Crippen LogP contribution in [-0.4, -0.2) is 23.2 Å². The van der Waals surface area contributed by atoms with E-state index in [0.717, 1.165) is 0 Å². The Labute approximate surface area is 128 Å². The van der Waals surface area contributed by atoms with Crippen LogP contribution < -0.4 is 10.3 Å².